The van der Waals surface area contributed by atoms with Gasteiger partial charge >= 0.3 is 0 Å². The fourth-order valence-electron chi connectivity index (χ4n) is 2.32. The van der Waals surface area contributed by atoms with Crippen LogP contribution in [0.5, 0.6) is 0 Å². The number of aliphatic hydroxyl groups is 1. The number of amides is 1. The van der Waals surface area contributed by atoms with Crippen LogP contribution >= 0.6 is 0 Å². The summed E-state index contributed by atoms with van der Waals surface area (Å²) in [6, 6.07) is 0. The predicted molar refractivity (Wildman–Crippen MR) is 64.1 cm³/mol. The zero-order valence-electron chi connectivity index (χ0n) is 10.2. The molecule has 3 N–H and O–H groups in total. The van der Waals surface area contributed by atoms with Crippen molar-refractivity contribution in [3.63, 3.8) is 0 Å². The van der Waals surface area contributed by atoms with E-state index >= 15 is 0 Å². The molecule has 1 fully saturated rings. The summed E-state index contributed by atoms with van der Waals surface area (Å²) in [6.45, 7) is 4.33. The summed E-state index contributed by atoms with van der Waals surface area (Å²) in [7, 11) is 0. The van der Waals surface area contributed by atoms with E-state index in [0.717, 1.165) is 25.9 Å². The van der Waals surface area contributed by atoms with Crippen molar-refractivity contribution in [2.24, 2.45) is 11.8 Å². The van der Waals surface area contributed by atoms with E-state index in [-0.39, 0.29) is 12.5 Å². The summed E-state index contributed by atoms with van der Waals surface area (Å²) < 4.78 is 0. The Bertz CT molecular complexity index is 209. The molecule has 0 aromatic rings. The van der Waals surface area contributed by atoms with Gasteiger partial charge in [-0.15, -0.1) is 0 Å². The van der Waals surface area contributed by atoms with E-state index in [1.807, 2.05) is 6.92 Å². The number of hydrogen-bond donors (Lipinski definition) is 3. The van der Waals surface area contributed by atoms with Gasteiger partial charge in [0.25, 0.3) is 0 Å². The molecule has 2 unspecified atom stereocenters. The Kier molecular flexibility index (Phi) is 6.42. The minimum Gasteiger partial charge on any atom is -0.396 e. The largest absolute Gasteiger partial charge is 0.396 e. The first-order valence-corrected chi connectivity index (χ1v) is 6.36. The number of carbonyl (C=O) groups excluding carboxylic acids is 1. The van der Waals surface area contributed by atoms with Crippen molar-refractivity contribution in [3.05, 3.63) is 0 Å². The summed E-state index contributed by atoms with van der Waals surface area (Å²) in [5, 5.41) is 15.2. The van der Waals surface area contributed by atoms with Gasteiger partial charge in [0, 0.05) is 13.2 Å². The molecule has 0 aliphatic heterocycles. The average molecular weight is 228 g/mol. The van der Waals surface area contributed by atoms with Crippen LogP contribution < -0.4 is 10.6 Å². The summed E-state index contributed by atoms with van der Waals surface area (Å²) in [4.78, 5) is 11.3. The molecule has 0 radical (unpaired) electrons. The lowest BCUT2D eigenvalue weighted by Gasteiger charge is -2.17. The number of aliphatic hydroxyl groups excluding tert-OH is 1. The number of rotatable bonds is 7. The highest BCUT2D eigenvalue weighted by Crippen LogP contribution is 2.30. The number of carbonyl (C=O) groups is 1. The molecule has 1 aliphatic carbocycles. The van der Waals surface area contributed by atoms with E-state index in [9.17, 15) is 4.79 Å². The Labute approximate surface area is 97.8 Å². The quantitative estimate of drug-likeness (QED) is 0.595. The van der Waals surface area contributed by atoms with E-state index in [0.29, 0.717) is 18.4 Å². The van der Waals surface area contributed by atoms with Gasteiger partial charge in [0.2, 0.25) is 5.91 Å². The smallest absolute Gasteiger partial charge is 0.233 e. The molecular formula is C12H24N2O2. The molecule has 0 bridgehead atoms. The van der Waals surface area contributed by atoms with E-state index in [1.165, 1.54) is 12.8 Å². The molecule has 0 saturated heterocycles. The third-order valence-corrected chi connectivity index (χ3v) is 3.32. The molecule has 0 spiro atoms. The highest BCUT2D eigenvalue weighted by molar-refractivity contribution is 5.77. The summed E-state index contributed by atoms with van der Waals surface area (Å²) in [5.41, 5.74) is 0. The third kappa shape index (κ3) is 4.49. The maximum atomic E-state index is 11.3. The minimum absolute atomic E-state index is 0.0698. The van der Waals surface area contributed by atoms with Crippen LogP contribution in [0.1, 0.15) is 32.6 Å². The van der Waals surface area contributed by atoms with Gasteiger partial charge < -0.3 is 15.7 Å². The maximum absolute atomic E-state index is 11.3. The van der Waals surface area contributed by atoms with Crippen LogP contribution in [0.4, 0.5) is 0 Å². The predicted octanol–water partition coefficient (Wildman–Crippen LogP) is 0.511. The molecule has 0 aromatic heterocycles. The Hall–Kier alpha value is -0.610. The Balaban J connectivity index is 2.08. The summed E-state index contributed by atoms with van der Waals surface area (Å²) >= 11 is 0. The highest BCUT2D eigenvalue weighted by Gasteiger charge is 2.25. The molecule has 1 amide bonds. The van der Waals surface area contributed by atoms with Gasteiger partial charge in [-0.3, -0.25) is 4.79 Å². The van der Waals surface area contributed by atoms with Crippen LogP contribution in [0.15, 0.2) is 0 Å². The van der Waals surface area contributed by atoms with Crippen LogP contribution in [0.3, 0.4) is 0 Å². The maximum Gasteiger partial charge on any atom is 0.233 e. The molecule has 16 heavy (non-hydrogen) atoms. The van der Waals surface area contributed by atoms with Crippen molar-refractivity contribution in [2.45, 2.75) is 32.6 Å². The van der Waals surface area contributed by atoms with Crippen molar-refractivity contribution < 1.29 is 9.90 Å². The van der Waals surface area contributed by atoms with Crippen molar-refractivity contribution in [1.29, 1.82) is 0 Å². The molecule has 2 atom stereocenters. The summed E-state index contributed by atoms with van der Waals surface area (Å²) in [5.74, 6) is 1.05. The molecule has 1 rings (SSSR count). The summed E-state index contributed by atoms with van der Waals surface area (Å²) in [6.07, 6.45) is 4.49. The number of nitrogens with one attached hydrogen (secondary N) is 2. The van der Waals surface area contributed by atoms with Gasteiger partial charge in [-0.25, -0.2) is 0 Å². The Morgan fingerprint density at radius 2 is 2.12 bits per heavy atom. The molecule has 4 heteroatoms. The fraction of sp³-hybridized carbons (Fsp3) is 0.917. The monoisotopic (exact) mass is 228 g/mol. The van der Waals surface area contributed by atoms with Crippen molar-refractivity contribution in [3.8, 4) is 0 Å². The minimum atomic E-state index is 0.0698. The van der Waals surface area contributed by atoms with Crippen LogP contribution in [0.2, 0.25) is 0 Å². The first-order chi connectivity index (χ1) is 7.77. The second-order valence-corrected chi connectivity index (χ2v) is 4.61. The van der Waals surface area contributed by atoms with Crippen LogP contribution in [-0.2, 0) is 4.79 Å². The zero-order chi connectivity index (χ0) is 11.8. The lowest BCUT2D eigenvalue weighted by atomic mass is 9.97. The van der Waals surface area contributed by atoms with E-state index in [4.69, 9.17) is 5.11 Å². The van der Waals surface area contributed by atoms with Crippen LogP contribution in [0, 0.1) is 11.8 Å². The van der Waals surface area contributed by atoms with Crippen molar-refractivity contribution in [2.75, 3.05) is 26.2 Å². The first-order valence-electron chi connectivity index (χ1n) is 6.36. The standard InChI is InChI=1S/C12H24N2O2/c1-2-6-14-12(16)8-13-7-10-4-3-5-11(10)9-15/h10-11,13,15H,2-9H2,1H3,(H,14,16). The average Bonchev–Trinajstić information content (AvgIpc) is 2.74. The normalized spacial score (nSPS) is 24.6. The first kappa shape index (κ1) is 13.5. The van der Waals surface area contributed by atoms with E-state index in [1.54, 1.807) is 0 Å². The highest BCUT2D eigenvalue weighted by atomic mass is 16.3. The Morgan fingerprint density at radius 1 is 1.38 bits per heavy atom. The molecule has 0 heterocycles. The molecular weight excluding hydrogens is 204 g/mol. The van der Waals surface area contributed by atoms with Crippen molar-refractivity contribution >= 4 is 5.91 Å². The van der Waals surface area contributed by atoms with Gasteiger partial charge in [-0.1, -0.05) is 13.3 Å². The van der Waals surface area contributed by atoms with Gasteiger partial charge in [0.05, 0.1) is 6.54 Å². The van der Waals surface area contributed by atoms with Gasteiger partial charge in [-0.2, -0.15) is 0 Å². The Morgan fingerprint density at radius 3 is 2.81 bits per heavy atom. The second-order valence-electron chi connectivity index (χ2n) is 4.61. The SMILES string of the molecule is CCCNC(=O)CNCC1CCCC1CO. The van der Waals surface area contributed by atoms with E-state index < -0.39 is 0 Å². The van der Waals surface area contributed by atoms with Gasteiger partial charge in [-0.05, 0) is 37.6 Å². The van der Waals surface area contributed by atoms with E-state index in [2.05, 4.69) is 10.6 Å². The molecule has 0 aromatic carbocycles. The van der Waals surface area contributed by atoms with Gasteiger partial charge in [0.1, 0.15) is 0 Å². The fourth-order valence-corrected chi connectivity index (χ4v) is 2.32. The molecule has 1 aliphatic rings. The molecule has 4 nitrogen and oxygen atoms in total. The zero-order valence-corrected chi connectivity index (χ0v) is 10.2. The molecule has 94 valence electrons. The van der Waals surface area contributed by atoms with Crippen molar-refractivity contribution in [1.82, 2.24) is 10.6 Å². The van der Waals surface area contributed by atoms with Gasteiger partial charge in [0.15, 0.2) is 0 Å². The molecule has 1 saturated carbocycles. The lowest BCUT2D eigenvalue weighted by molar-refractivity contribution is -0.120. The van der Waals surface area contributed by atoms with Crippen LogP contribution in [0.25, 0.3) is 0 Å². The van der Waals surface area contributed by atoms with Crippen LogP contribution in [-0.4, -0.2) is 37.3 Å². The number of hydrogen-bond acceptors (Lipinski definition) is 3. The third-order valence-electron chi connectivity index (χ3n) is 3.32. The lowest BCUT2D eigenvalue weighted by Crippen LogP contribution is -2.37. The topological polar surface area (TPSA) is 61.4 Å². The second kappa shape index (κ2) is 7.63.